The molecule has 100 valence electrons. The lowest BCUT2D eigenvalue weighted by Gasteiger charge is -2.08. The van der Waals surface area contributed by atoms with E-state index in [-0.39, 0.29) is 17.3 Å². The molecule has 0 aliphatic rings. The van der Waals surface area contributed by atoms with E-state index in [4.69, 9.17) is 5.73 Å². The van der Waals surface area contributed by atoms with Crippen LogP contribution in [-0.4, -0.2) is 27.4 Å². The summed E-state index contributed by atoms with van der Waals surface area (Å²) in [6.07, 6.45) is 0. The average Bonchev–Trinajstić information content (AvgIpc) is 2.30. The summed E-state index contributed by atoms with van der Waals surface area (Å²) in [6.45, 7) is 1.91. The molecule has 1 rings (SSSR count). The van der Waals surface area contributed by atoms with Crippen molar-refractivity contribution in [1.29, 1.82) is 0 Å². The van der Waals surface area contributed by atoms with Crippen LogP contribution in [0.2, 0.25) is 0 Å². The summed E-state index contributed by atoms with van der Waals surface area (Å²) >= 11 is 3.15. The molecule has 0 aliphatic carbocycles. The fourth-order valence-corrected chi connectivity index (χ4v) is 2.72. The van der Waals surface area contributed by atoms with E-state index in [1.54, 1.807) is 6.92 Å². The number of likely N-dealkylation sites (N-methyl/N-ethyl adjacent to an activating group) is 1. The number of hydrogen-bond donors (Lipinski definition) is 3. The number of benzene rings is 1. The van der Waals surface area contributed by atoms with E-state index in [0.29, 0.717) is 16.7 Å². The number of nitrogens with one attached hydrogen (secondary N) is 2. The molecular weight excluding hydrogens is 322 g/mol. The van der Waals surface area contributed by atoms with Crippen LogP contribution in [0.5, 0.6) is 0 Å². The highest BCUT2D eigenvalue weighted by atomic mass is 79.9. The van der Waals surface area contributed by atoms with Crippen molar-refractivity contribution in [3.05, 3.63) is 22.7 Å². The maximum absolute atomic E-state index is 11.9. The summed E-state index contributed by atoms with van der Waals surface area (Å²) in [4.78, 5) is 11.2. The van der Waals surface area contributed by atoms with Crippen molar-refractivity contribution >= 4 is 37.5 Å². The third-order valence-corrected chi connectivity index (χ3v) is 4.16. The van der Waals surface area contributed by atoms with Crippen LogP contribution in [-0.2, 0) is 14.8 Å². The van der Waals surface area contributed by atoms with Gasteiger partial charge in [0.15, 0.2) is 0 Å². The topological polar surface area (TPSA) is 101 Å². The smallest absolute Gasteiger partial charge is 0.241 e. The fourth-order valence-electron chi connectivity index (χ4n) is 1.18. The zero-order valence-corrected chi connectivity index (χ0v) is 12.1. The van der Waals surface area contributed by atoms with Crippen molar-refractivity contribution in [2.45, 2.75) is 11.8 Å². The third kappa shape index (κ3) is 3.97. The average molecular weight is 336 g/mol. The number of anilines is 1. The third-order valence-electron chi connectivity index (χ3n) is 2.08. The number of sulfonamides is 1. The number of amides is 1. The normalized spacial score (nSPS) is 11.2. The molecule has 0 aromatic heterocycles. The molecule has 0 unspecified atom stereocenters. The first-order valence-corrected chi connectivity index (χ1v) is 7.46. The number of halogens is 1. The molecule has 0 aliphatic heterocycles. The van der Waals surface area contributed by atoms with Crippen LogP contribution in [0.1, 0.15) is 6.92 Å². The molecule has 1 aromatic rings. The van der Waals surface area contributed by atoms with Crippen LogP contribution < -0.4 is 15.8 Å². The Hall–Kier alpha value is -1.12. The summed E-state index contributed by atoms with van der Waals surface area (Å²) in [5.41, 5.74) is 6.01. The first kappa shape index (κ1) is 14.9. The predicted octanol–water partition coefficient (Wildman–Crippen LogP) is 0.446. The standard InChI is InChI=1S/C10H14BrN3O3S/c1-2-13-10(15)6-14-18(16,17)7-3-4-9(12)8(11)5-7/h3-5,14H,2,6,12H2,1H3,(H,13,15). The Balaban J connectivity index is 2.80. The van der Waals surface area contributed by atoms with E-state index < -0.39 is 10.0 Å². The Morgan fingerprint density at radius 1 is 1.44 bits per heavy atom. The molecule has 1 aromatic carbocycles. The molecule has 6 nitrogen and oxygen atoms in total. The second kappa shape index (κ2) is 6.17. The lowest BCUT2D eigenvalue weighted by atomic mass is 10.3. The van der Waals surface area contributed by atoms with Crippen molar-refractivity contribution < 1.29 is 13.2 Å². The van der Waals surface area contributed by atoms with Crippen molar-refractivity contribution in [3.63, 3.8) is 0 Å². The molecule has 0 atom stereocenters. The summed E-state index contributed by atoms with van der Waals surface area (Å²) in [7, 11) is -3.71. The highest BCUT2D eigenvalue weighted by Gasteiger charge is 2.16. The van der Waals surface area contributed by atoms with E-state index in [2.05, 4.69) is 26.0 Å². The van der Waals surface area contributed by atoms with Crippen LogP contribution in [0, 0.1) is 0 Å². The Bertz CT molecular complexity index is 545. The van der Waals surface area contributed by atoms with Gasteiger partial charge in [0.1, 0.15) is 0 Å². The summed E-state index contributed by atoms with van der Waals surface area (Å²) in [6, 6.07) is 4.24. The second-order valence-electron chi connectivity index (χ2n) is 3.46. The summed E-state index contributed by atoms with van der Waals surface area (Å²) in [5, 5.41) is 2.49. The van der Waals surface area contributed by atoms with Gasteiger partial charge in [0.25, 0.3) is 0 Å². The predicted molar refractivity (Wildman–Crippen MR) is 72.4 cm³/mol. The SMILES string of the molecule is CCNC(=O)CNS(=O)(=O)c1ccc(N)c(Br)c1. The van der Waals surface area contributed by atoms with Crippen molar-refractivity contribution in [2.24, 2.45) is 0 Å². The lowest BCUT2D eigenvalue weighted by molar-refractivity contribution is -0.119. The van der Waals surface area contributed by atoms with Gasteiger partial charge in [-0.15, -0.1) is 0 Å². The Morgan fingerprint density at radius 2 is 2.11 bits per heavy atom. The van der Waals surface area contributed by atoms with Gasteiger partial charge in [0.05, 0.1) is 11.4 Å². The van der Waals surface area contributed by atoms with Gasteiger partial charge < -0.3 is 11.1 Å². The minimum absolute atomic E-state index is 0.0490. The minimum atomic E-state index is -3.71. The highest BCUT2D eigenvalue weighted by molar-refractivity contribution is 9.10. The largest absolute Gasteiger partial charge is 0.398 e. The van der Waals surface area contributed by atoms with Gasteiger partial charge in [-0.25, -0.2) is 13.1 Å². The summed E-state index contributed by atoms with van der Waals surface area (Å²) in [5.74, 6) is -0.379. The lowest BCUT2D eigenvalue weighted by Crippen LogP contribution is -2.36. The van der Waals surface area contributed by atoms with Gasteiger partial charge in [0, 0.05) is 16.7 Å². The van der Waals surface area contributed by atoms with Crippen LogP contribution in [0.4, 0.5) is 5.69 Å². The Kier molecular flexibility index (Phi) is 5.12. The zero-order chi connectivity index (χ0) is 13.8. The molecule has 4 N–H and O–H groups in total. The monoisotopic (exact) mass is 335 g/mol. The van der Waals surface area contributed by atoms with E-state index >= 15 is 0 Å². The fraction of sp³-hybridized carbons (Fsp3) is 0.300. The van der Waals surface area contributed by atoms with E-state index in [1.165, 1.54) is 18.2 Å². The van der Waals surface area contributed by atoms with Crippen LogP contribution >= 0.6 is 15.9 Å². The molecule has 0 saturated heterocycles. The van der Waals surface area contributed by atoms with Crippen molar-refractivity contribution in [2.75, 3.05) is 18.8 Å². The molecule has 0 fully saturated rings. The maximum Gasteiger partial charge on any atom is 0.241 e. The van der Waals surface area contributed by atoms with Gasteiger partial charge in [-0.1, -0.05) is 0 Å². The van der Waals surface area contributed by atoms with E-state index in [9.17, 15) is 13.2 Å². The van der Waals surface area contributed by atoms with Crippen LogP contribution in [0.3, 0.4) is 0 Å². The first-order chi connectivity index (χ1) is 8.36. The van der Waals surface area contributed by atoms with E-state index in [1.807, 2.05) is 0 Å². The van der Waals surface area contributed by atoms with E-state index in [0.717, 1.165) is 0 Å². The number of hydrogen-bond acceptors (Lipinski definition) is 4. The molecule has 0 saturated carbocycles. The number of carbonyl (C=O) groups excluding carboxylic acids is 1. The first-order valence-electron chi connectivity index (χ1n) is 5.18. The minimum Gasteiger partial charge on any atom is -0.398 e. The molecule has 1 amide bonds. The summed E-state index contributed by atoms with van der Waals surface area (Å²) < 4.78 is 26.4. The van der Waals surface area contributed by atoms with Crippen molar-refractivity contribution in [1.82, 2.24) is 10.0 Å². The molecule has 0 heterocycles. The van der Waals surface area contributed by atoms with Gasteiger partial charge >= 0.3 is 0 Å². The molecule has 18 heavy (non-hydrogen) atoms. The Labute approximate surface area is 114 Å². The highest BCUT2D eigenvalue weighted by Crippen LogP contribution is 2.22. The second-order valence-corrected chi connectivity index (χ2v) is 6.08. The van der Waals surface area contributed by atoms with Gasteiger partial charge in [-0.05, 0) is 41.1 Å². The van der Waals surface area contributed by atoms with Crippen molar-refractivity contribution in [3.8, 4) is 0 Å². The van der Waals surface area contributed by atoms with Gasteiger partial charge in [0.2, 0.25) is 15.9 Å². The molecule has 0 bridgehead atoms. The molecule has 8 heteroatoms. The van der Waals surface area contributed by atoms with Crippen LogP contribution in [0.25, 0.3) is 0 Å². The molecule has 0 spiro atoms. The quantitative estimate of drug-likeness (QED) is 0.680. The Morgan fingerprint density at radius 3 is 2.67 bits per heavy atom. The van der Waals surface area contributed by atoms with Gasteiger partial charge in [-0.3, -0.25) is 4.79 Å². The van der Waals surface area contributed by atoms with Crippen LogP contribution in [0.15, 0.2) is 27.6 Å². The number of rotatable bonds is 5. The number of nitrogen functional groups attached to an aromatic ring is 1. The zero-order valence-electron chi connectivity index (χ0n) is 9.73. The maximum atomic E-state index is 11.9. The molecule has 0 radical (unpaired) electrons. The van der Waals surface area contributed by atoms with Gasteiger partial charge in [-0.2, -0.15) is 0 Å². The number of carbonyl (C=O) groups is 1. The molecular formula is C10H14BrN3O3S. The number of nitrogens with two attached hydrogens (primary N) is 1.